The Morgan fingerprint density at radius 1 is 1.00 bits per heavy atom. The summed E-state index contributed by atoms with van der Waals surface area (Å²) in [4.78, 5) is 18.6. The predicted octanol–water partition coefficient (Wildman–Crippen LogP) is 4.86. The number of benzene rings is 2. The number of rotatable bonds is 6. The molecule has 1 amide bonds. The maximum atomic E-state index is 14.4. The molecule has 0 bridgehead atoms. The Morgan fingerprint density at radius 3 is 2.32 bits per heavy atom. The number of aliphatic hydroxyl groups is 1. The SMILES string of the molecule is O=C(c1ccc(CO)cc1F)N(Cc1cccnc1)Cc1cc(Cl)cc(Cl)c1. The first kappa shape index (κ1) is 20.3. The largest absolute Gasteiger partial charge is 0.392 e. The standard InChI is InChI=1S/C21H17Cl2FN2O2/c22-17-6-16(7-18(23)9-17)12-26(11-15-2-1-5-25-10-15)21(28)19-4-3-14(13-27)8-20(19)24/h1-10,27H,11-13H2. The van der Waals surface area contributed by atoms with Gasteiger partial charge in [0.1, 0.15) is 5.82 Å². The van der Waals surface area contributed by atoms with Crippen molar-refractivity contribution in [3.8, 4) is 0 Å². The molecule has 28 heavy (non-hydrogen) atoms. The van der Waals surface area contributed by atoms with Crippen LogP contribution in [0.25, 0.3) is 0 Å². The molecule has 0 radical (unpaired) electrons. The van der Waals surface area contributed by atoms with Gasteiger partial charge in [0.05, 0.1) is 12.2 Å². The molecule has 1 N–H and O–H groups in total. The maximum Gasteiger partial charge on any atom is 0.257 e. The van der Waals surface area contributed by atoms with Crippen molar-refractivity contribution in [3.05, 3.63) is 99.0 Å². The number of halogens is 3. The molecule has 4 nitrogen and oxygen atoms in total. The van der Waals surface area contributed by atoms with E-state index < -0.39 is 11.7 Å². The van der Waals surface area contributed by atoms with Gasteiger partial charge in [-0.25, -0.2) is 4.39 Å². The fourth-order valence-electron chi connectivity index (χ4n) is 2.83. The van der Waals surface area contributed by atoms with E-state index in [1.54, 1.807) is 36.7 Å². The first-order chi connectivity index (χ1) is 13.5. The monoisotopic (exact) mass is 418 g/mol. The summed E-state index contributed by atoms with van der Waals surface area (Å²) in [6, 6.07) is 12.7. The second kappa shape index (κ2) is 9.15. The van der Waals surface area contributed by atoms with Crippen LogP contribution in [0, 0.1) is 5.82 Å². The lowest BCUT2D eigenvalue weighted by Gasteiger charge is -2.23. The van der Waals surface area contributed by atoms with E-state index >= 15 is 0 Å². The van der Waals surface area contributed by atoms with Crippen molar-refractivity contribution in [2.45, 2.75) is 19.7 Å². The second-order valence-corrected chi connectivity index (χ2v) is 7.15. The summed E-state index contributed by atoms with van der Waals surface area (Å²) in [5.74, 6) is -1.17. The van der Waals surface area contributed by atoms with Gasteiger partial charge in [-0.3, -0.25) is 9.78 Å². The highest BCUT2D eigenvalue weighted by Crippen LogP contribution is 2.22. The Bertz CT molecular complexity index is 963. The quantitative estimate of drug-likeness (QED) is 0.621. The molecule has 0 fully saturated rings. The molecule has 3 rings (SSSR count). The highest BCUT2D eigenvalue weighted by atomic mass is 35.5. The van der Waals surface area contributed by atoms with Crippen molar-refractivity contribution in [1.29, 1.82) is 0 Å². The number of carbonyl (C=O) groups is 1. The lowest BCUT2D eigenvalue weighted by Crippen LogP contribution is -2.31. The number of hydrogen-bond donors (Lipinski definition) is 1. The van der Waals surface area contributed by atoms with E-state index in [-0.39, 0.29) is 25.3 Å². The smallest absolute Gasteiger partial charge is 0.257 e. The number of pyridine rings is 1. The number of nitrogens with zero attached hydrogens (tertiary/aromatic N) is 2. The topological polar surface area (TPSA) is 53.4 Å². The van der Waals surface area contributed by atoms with E-state index in [0.717, 1.165) is 17.2 Å². The minimum absolute atomic E-state index is 0.0748. The van der Waals surface area contributed by atoms with Gasteiger partial charge in [-0.2, -0.15) is 0 Å². The average Bonchev–Trinajstić information content (AvgIpc) is 2.67. The van der Waals surface area contributed by atoms with Crippen LogP contribution in [-0.2, 0) is 19.7 Å². The van der Waals surface area contributed by atoms with E-state index in [2.05, 4.69) is 4.98 Å². The molecule has 0 saturated carbocycles. The molecule has 0 aliphatic heterocycles. The number of amides is 1. The molecule has 3 aromatic rings. The Morgan fingerprint density at radius 2 is 1.71 bits per heavy atom. The third kappa shape index (κ3) is 5.07. The van der Waals surface area contributed by atoms with Gasteiger partial charge in [0.2, 0.25) is 0 Å². The average molecular weight is 419 g/mol. The van der Waals surface area contributed by atoms with Gasteiger partial charge in [-0.15, -0.1) is 0 Å². The van der Waals surface area contributed by atoms with Gasteiger partial charge < -0.3 is 10.0 Å². The lowest BCUT2D eigenvalue weighted by atomic mass is 10.1. The van der Waals surface area contributed by atoms with E-state index in [1.807, 2.05) is 6.07 Å². The van der Waals surface area contributed by atoms with Crippen LogP contribution in [0.15, 0.2) is 60.9 Å². The molecular formula is C21H17Cl2FN2O2. The molecule has 0 atom stereocenters. The molecular weight excluding hydrogens is 402 g/mol. The van der Waals surface area contributed by atoms with Crippen molar-refractivity contribution in [2.75, 3.05) is 0 Å². The number of carbonyl (C=O) groups excluding carboxylic acids is 1. The highest BCUT2D eigenvalue weighted by molar-refractivity contribution is 6.34. The van der Waals surface area contributed by atoms with Crippen molar-refractivity contribution >= 4 is 29.1 Å². The van der Waals surface area contributed by atoms with Gasteiger partial charge in [0.25, 0.3) is 5.91 Å². The zero-order valence-corrected chi connectivity index (χ0v) is 16.3. The summed E-state index contributed by atoms with van der Waals surface area (Å²) in [5.41, 5.74) is 1.85. The molecule has 144 valence electrons. The molecule has 0 saturated heterocycles. The third-order valence-electron chi connectivity index (χ3n) is 4.13. The zero-order valence-electron chi connectivity index (χ0n) is 14.8. The molecule has 0 spiro atoms. The van der Waals surface area contributed by atoms with Gasteiger partial charge in [-0.1, -0.05) is 35.3 Å². The lowest BCUT2D eigenvalue weighted by molar-refractivity contribution is 0.0725. The molecule has 7 heteroatoms. The summed E-state index contributed by atoms with van der Waals surface area (Å²) in [7, 11) is 0. The Labute approximate surface area is 172 Å². The van der Waals surface area contributed by atoms with Gasteiger partial charge >= 0.3 is 0 Å². The summed E-state index contributed by atoms with van der Waals surface area (Å²) in [6.45, 7) is 0.124. The minimum Gasteiger partial charge on any atom is -0.392 e. The first-order valence-corrected chi connectivity index (χ1v) is 9.24. The van der Waals surface area contributed by atoms with Crippen LogP contribution in [0.4, 0.5) is 4.39 Å². The Kier molecular flexibility index (Phi) is 6.62. The van der Waals surface area contributed by atoms with Crippen LogP contribution in [-0.4, -0.2) is 20.9 Å². The van der Waals surface area contributed by atoms with Crippen LogP contribution in [0.2, 0.25) is 10.0 Å². The fraction of sp³-hybridized carbons (Fsp3) is 0.143. The molecule has 0 aliphatic rings. The van der Waals surface area contributed by atoms with Crippen LogP contribution < -0.4 is 0 Å². The Balaban J connectivity index is 1.94. The predicted molar refractivity (Wildman–Crippen MR) is 107 cm³/mol. The van der Waals surface area contributed by atoms with Crippen LogP contribution in [0.1, 0.15) is 27.0 Å². The minimum atomic E-state index is -0.683. The van der Waals surface area contributed by atoms with E-state index in [4.69, 9.17) is 28.3 Å². The summed E-state index contributed by atoms with van der Waals surface area (Å²) < 4.78 is 14.4. The molecule has 1 aromatic heterocycles. The number of aromatic nitrogens is 1. The summed E-state index contributed by atoms with van der Waals surface area (Å²) >= 11 is 12.1. The maximum absolute atomic E-state index is 14.4. The highest BCUT2D eigenvalue weighted by Gasteiger charge is 2.21. The first-order valence-electron chi connectivity index (χ1n) is 8.48. The third-order valence-corrected chi connectivity index (χ3v) is 4.56. The normalized spacial score (nSPS) is 10.7. The van der Waals surface area contributed by atoms with Crippen molar-refractivity contribution in [2.24, 2.45) is 0 Å². The molecule has 1 heterocycles. The van der Waals surface area contributed by atoms with Gasteiger partial charge in [-0.05, 0) is 53.1 Å². The molecule has 2 aromatic carbocycles. The van der Waals surface area contributed by atoms with Crippen molar-refractivity contribution in [3.63, 3.8) is 0 Å². The van der Waals surface area contributed by atoms with Crippen LogP contribution in [0.5, 0.6) is 0 Å². The second-order valence-electron chi connectivity index (χ2n) is 6.27. The van der Waals surface area contributed by atoms with Crippen LogP contribution in [0.3, 0.4) is 0 Å². The van der Waals surface area contributed by atoms with Gasteiger partial charge in [0.15, 0.2) is 0 Å². The Hall–Kier alpha value is -2.47. The van der Waals surface area contributed by atoms with E-state index in [0.29, 0.717) is 15.6 Å². The van der Waals surface area contributed by atoms with Gasteiger partial charge in [0, 0.05) is 35.5 Å². The van der Waals surface area contributed by atoms with E-state index in [9.17, 15) is 9.18 Å². The van der Waals surface area contributed by atoms with Crippen LogP contribution >= 0.6 is 23.2 Å². The van der Waals surface area contributed by atoms with Crippen molar-refractivity contribution in [1.82, 2.24) is 9.88 Å². The zero-order chi connectivity index (χ0) is 20.1. The molecule has 0 unspecified atom stereocenters. The van der Waals surface area contributed by atoms with E-state index in [1.165, 1.54) is 17.0 Å². The molecule has 0 aliphatic carbocycles. The van der Waals surface area contributed by atoms with Crippen molar-refractivity contribution < 1.29 is 14.3 Å². The number of hydrogen-bond acceptors (Lipinski definition) is 3. The summed E-state index contributed by atoms with van der Waals surface area (Å²) in [6.07, 6.45) is 3.29. The summed E-state index contributed by atoms with van der Waals surface area (Å²) in [5, 5.41) is 10.1. The number of aliphatic hydroxyl groups excluding tert-OH is 1. The fourth-order valence-corrected chi connectivity index (χ4v) is 3.41.